The summed E-state index contributed by atoms with van der Waals surface area (Å²) in [5.74, 6) is 0.0316. The molecule has 0 fully saturated rings. The van der Waals surface area contributed by atoms with E-state index < -0.39 is 0 Å². The first-order valence-corrected chi connectivity index (χ1v) is 6.79. The number of hydrogen-bond acceptors (Lipinski definition) is 1. The summed E-state index contributed by atoms with van der Waals surface area (Å²) < 4.78 is 0. The molecule has 0 aliphatic heterocycles. The van der Waals surface area contributed by atoms with Crippen LogP contribution in [0.4, 0.5) is 0 Å². The van der Waals surface area contributed by atoms with Gasteiger partial charge in [0.25, 0.3) is 5.91 Å². The molecule has 0 aromatic heterocycles. The van der Waals surface area contributed by atoms with E-state index in [1.165, 1.54) is 5.56 Å². The van der Waals surface area contributed by atoms with Crippen LogP contribution in [0.3, 0.4) is 0 Å². The average Bonchev–Trinajstić information content (AvgIpc) is 2.34. The predicted octanol–water partition coefficient (Wildman–Crippen LogP) is 3.90. The summed E-state index contributed by atoms with van der Waals surface area (Å²) in [6, 6.07) is 8.19. The van der Waals surface area contributed by atoms with Gasteiger partial charge < -0.3 is 5.32 Å². The lowest BCUT2D eigenvalue weighted by Gasteiger charge is -2.19. The standard InChI is InChI=1S/C16H25NO/c1-6-14(7-2)17-15(18)12-8-10-13(11-9-12)16(3,4)5/h8-11,14H,6-7H2,1-5H3,(H,17,18). The lowest BCUT2D eigenvalue weighted by molar-refractivity contribution is 0.0935. The Hall–Kier alpha value is -1.31. The van der Waals surface area contributed by atoms with Gasteiger partial charge in [-0.2, -0.15) is 0 Å². The Morgan fingerprint density at radius 1 is 1.11 bits per heavy atom. The van der Waals surface area contributed by atoms with Crippen LogP contribution >= 0.6 is 0 Å². The fourth-order valence-corrected chi connectivity index (χ4v) is 1.88. The Bertz CT molecular complexity index is 383. The van der Waals surface area contributed by atoms with E-state index in [1.807, 2.05) is 24.3 Å². The van der Waals surface area contributed by atoms with Crippen LogP contribution in [-0.4, -0.2) is 11.9 Å². The van der Waals surface area contributed by atoms with Crippen LogP contribution in [0.5, 0.6) is 0 Å². The molecule has 0 saturated heterocycles. The monoisotopic (exact) mass is 247 g/mol. The van der Waals surface area contributed by atoms with E-state index in [0.717, 1.165) is 18.4 Å². The van der Waals surface area contributed by atoms with Gasteiger partial charge in [-0.05, 0) is 36.0 Å². The van der Waals surface area contributed by atoms with Crippen LogP contribution in [0.2, 0.25) is 0 Å². The maximum atomic E-state index is 12.0. The summed E-state index contributed by atoms with van der Waals surface area (Å²) in [6.45, 7) is 10.7. The third-order valence-electron chi connectivity index (χ3n) is 3.33. The second kappa shape index (κ2) is 6.03. The Kier molecular flexibility index (Phi) is 4.94. The van der Waals surface area contributed by atoms with Crippen LogP contribution in [0, 0.1) is 0 Å². The molecule has 1 amide bonds. The largest absolute Gasteiger partial charge is 0.349 e. The first-order chi connectivity index (χ1) is 8.38. The highest BCUT2D eigenvalue weighted by Crippen LogP contribution is 2.22. The number of amides is 1. The summed E-state index contributed by atoms with van der Waals surface area (Å²) in [5.41, 5.74) is 2.13. The highest BCUT2D eigenvalue weighted by Gasteiger charge is 2.15. The second-order valence-electron chi connectivity index (χ2n) is 5.81. The van der Waals surface area contributed by atoms with E-state index >= 15 is 0 Å². The van der Waals surface area contributed by atoms with E-state index in [4.69, 9.17) is 0 Å². The molecule has 0 bridgehead atoms. The summed E-state index contributed by atoms with van der Waals surface area (Å²) in [4.78, 5) is 12.0. The highest BCUT2D eigenvalue weighted by molar-refractivity contribution is 5.94. The van der Waals surface area contributed by atoms with Gasteiger partial charge in [0.15, 0.2) is 0 Å². The van der Waals surface area contributed by atoms with Crippen molar-refractivity contribution in [1.82, 2.24) is 5.32 Å². The molecule has 2 heteroatoms. The lowest BCUT2D eigenvalue weighted by atomic mass is 9.86. The second-order valence-corrected chi connectivity index (χ2v) is 5.81. The zero-order chi connectivity index (χ0) is 13.8. The molecule has 0 radical (unpaired) electrons. The van der Waals surface area contributed by atoms with Gasteiger partial charge in [-0.3, -0.25) is 4.79 Å². The molecule has 100 valence electrons. The van der Waals surface area contributed by atoms with Crippen molar-refractivity contribution >= 4 is 5.91 Å². The third-order valence-corrected chi connectivity index (χ3v) is 3.33. The van der Waals surface area contributed by atoms with Gasteiger partial charge in [-0.15, -0.1) is 0 Å². The molecule has 2 nitrogen and oxygen atoms in total. The zero-order valence-electron chi connectivity index (χ0n) is 12.2. The number of carbonyl (C=O) groups is 1. The average molecular weight is 247 g/mol. The minimum atomic E-state index is 0.0316. The first kappa shape index (κ1) is 14.7. The van der Waals surface area contributed by atoms with Gasteiger partial charge in [-0.1, -0.05) is 46.8 Å². The van der Waals surface area contributed by atoms with E-state index in [0.29, 0.717) is 0 Å². The lowest BCUT2D eigenvalue weighted by Crippen LogP contribution is -2.33. The van der Waals surface area contributed by atoms with Crippen LogP contribution in [0.15, 0.2) is 24.3 Å². The third kappa shape index (κ3) is 3.86. The van der Waals surface area contributed by atoms with Crippen LogP contribution in [0.1, 0.15) is 63.4 Å². The molecule has 0 aliphatic carbocycles. The van der Waals surface area contributed by atoms with Gasteiger partial charge in [0, 0.05) is 11.6 Å². The minimum Gasteiger partial charge on any atom is -0.349 e. The quantitative estimate of drug-likeness (QED) is 0.859. The maximum Gasteiger partial charge on any atom is 0.251 e. The minimum absolute atomic E-state index is 0.0316. The molecule has 0 aliphatic rings. The molecule has 0 atom stereocenters. The Balaban J connectivity index is 2.76. The fraction of sp³-hybridized carbons (Fsp3) is 0.562. The number of carbonyl (C=O) groups excluding carboxylic acids is 1. The zero-order valence-corrected chi connectivity index (χ0v) is 12.2. The molecule has 1 aromatic rings. The highest BCUT2D eigenvalue weighted by atomic mass is 16.1. The molecule has 0 saturated carbocycles. The summed E-state index contributed by atoms with van der Waals surface area (Å²) in [6.07, 6.45) is 1.95. The molecule has 1 N–H and O–H groups in total. The van der Waals surface area contributed by atoms with Crippen molar-refractivity contribution in [2.45, 2.75) is 58.9 Å². The molecule has 0 spiro atoms. The van der Waals surface area contributed by atoms with Crippen LogP contribution < -0.4 is 5.32 Å². The van der Waals surface area contributed by atoms with Crippen molar-refractivity contribution in [3.05, 3.63) is 35.4 Å². The van der Waals surface area contributed by atoms with Gasteiger partial charge >= 0.3 is 0 Å². The van der Waals surface area contributed by atoms with E-state index in [9.17, 15) is 4.79 Å². The normalized spacial score (nSPS) is 11.7. The molecule has 18 heavy (non-hydrogen) atoms. The fourth-order valence-electron chi connectivity index (χ4n) is 1.88. The summed E-state index contributed by atoms with van der Waals surface area (Å²) >= 11 is 0. The van der Waals surface area contributed by atoms with Crippen molar-refractivity contribution in [3.8, 4) is 0 Å². The Morgan fingerprint density at radius 3 is 2.00 bits per heavy atom. The van der Waals surface area contributed by atoms with E-state index in [2.05, 4.69) is 39.9 Å². The number of nitrogens with one attached hydrogen (secondary N) is 1. The van der Waals surface area contributed by atoms with Crippen molar-refractivity contribution in [3.63, 3.8) is 0 Å². The topological polar surface area (TPSA) is 29.1 Å². The van der Waals surface area contributed by atoms with Gasteiger partial charge in [0.1, 0.15) is 0 Å². The van der Waals surface area contributed by atoms with Crippen LogP contribution in [0.25, 0.3) is 0 Å². The first-order valence-electron chi connectivity index (χ1n) is 6.79. The van der Waals surface area contributed by atoms with Crippen LogP contribution in [-0.2, 0) is 5.41 Å². The van der Waals surface area contributed by atoms with Crippen molar-refractivity contribution < 1.29 is 4.79 Å². The van der Waals surface area contributed by atoms with Gasteiger partial charge in [0.05, 0.1) is 0 Å². The van der Waals surface area contributed by atoms with E-state index in [-0.39, 0.29) is 17.4 Å². The molecule has 0 heterocycles. The molecule has 1 rings (SSSR count). The molecule has 1 aromatic carbocycles. The Morgan fingerprint density at radius 2 is 1.61 bits per heavy atom. The molecule has 0 unspecified atom stereocenters. The molecular weight excluding hydrogens is 222 g/mol. The summed E-state index contributed by atoms with van der Waals surface area (Å²) in [7, 11) is 0. The number of benzene rings is 1. The number of rotatable bonds is 4. The van der Waals surface area contributed by atoms with Gasteiger partial charge in [0.2, 0.25) is 0 Å². The van der Waals surface area contributed by atoms with Crippen molar-refractivity contribution in [1.29, 1.82) is 0 Å². The van der Waals surface area contributed by atoms with Crippen molar-refractivity contribution in [2.75, 3.05) is 0 Å². The van der Waals surface area contributed by atoms with E-state index in [1.54, 1.807) is 0 Å². The molecular formula is C16H25NO. The van der Waals surface area contributed by atoms with Gasteiger partial charge in [-0.25, -0.2) is 0 Å². The predicted molar refractivity (Wildman–Crippen MR) is 77.0 cm³/mol. The number of hydrogen-bond donors (Lipinski definition) is 1. The smallest absolute Gasteiger partial charge is 0.251 e. The summed E-state index contributed by atoms with van der Waals surface area (Å²) in [5, 5.41) is 3.05. The van der Waals surface area contributed by atoms with Crippen molar-refractivity contribution in [2.24, 2.45) is 0 Å². The maximum absolute atomic E-state index is 12.0. The SMILES string of the molecule is CCC(CC)NC(=O)c1ccc(C(C)(C)C)cc1. The Labute approximate surface area is 111 Å².